The van der Waals surface area contributed by atoms with E-state index in [0.29, 0.717) is 12.6 Å². The van der Waals surface area contributed by atoms with Gasteiger partial charge in [-0.3, -0.25) is 4.99 Å². The second-order valence-electron chi connectivity index (χ2n) is 7.20. The number of ether oxygens (including phenoxy) is 1. The molecule has 2 aliphatic rings. The van der Waals surface area contributed by atoms with Crippen LogP contribution >= 0.6 is 24.0 Å². The summed E-state index contributed by atoms with van der Waals surface area (Å²) in [4.78, 5) is 7.22. The van der Waals surface area contributed by atoms with Gasteiger partial charge in [0.15, 0.2) is 5.96 Å². The summed E-state index contributed by atoms with van der Waals surface area (Å²) < 4.78 is 5.22. The van der Waals surface area contributed by atoms with Gasteiger partial charge >= 0.3 is 0 Å². The van der Waals surface area contributed by atoms with Crippen LogP contribution in [0.15, 0.2) is 29.3 Å². The topological polar surface area (TPSA) is 69.1 Å². The van der Waals surface area contributed by atoms with Gasteiger partial charge in [-0.1, -0.05) is 12.1 Å². The van der Waals surface area contributed by atoms with Crippen molar-refractivity contribution in [3.8, 4) is 5.75 Å². The number of methoxy groups -OCH3 is 1. The fraction of sp³-hybridized carbons (Fsp3) is 0.650. The number of nitrogens with zero attached hydrogens (tertiary/aromatic N) is 2. The summed E-state index contributed by atoms with van der Waals surface area (Å²) in [5.74, 6) is 1.54. The van der Waals surface area contributed by atoms with E-state index < -0.39 is 6.10 Å². The lowest BCUT2D eigenvalue weighted by Gasteiger charge is -2.33. The number of aliphatic hydroxyl groups is 1. The van der Waals surface area contributed by atoms with Gasteiger partial charge in [-0.25, -0.2) is 0 Å². The standard InChI is InChI=1S/C20H32N4O2.HI/c1-3-21-20(23-16-9-11-24(12-10-16)17-7-8-17)22-14-19(25)15-5-4-6-18(13-15)26-2;/h4-6,13,16-17,19,25H,3,7-12,14H2,1-2H3,(H2,21,22,23);1H. The molecule has 7 heteroatoms. The lowest BCUT2D eigenvalue weighted by atomic mass is 10.1. The molecule has 0 bridgehead atoms. The first-order chi connectivity index (χ1) is 12.7. The molecule has 0 amide bonds. The highest BCUT2D eigenvalue weighted by Gasteiger charge is 2.31. The predicted molar refractivity (Wildman–Crippen MR) is 120 cm³/mol. The Bertz CT molecular complexity index is 601. The number of piperidine rings is 1. The molecule has 3 N–H and O–H groups in total. The van der Waals surface area contributed by atoms with E-state index in [0.717, 1.165) is 42.7 Å². The first kappa shape index (κ1) is 22.2. The van der Waals surface area contributed by atoms with E-state index in [-0.39, 0.29) is 24.0 Å². The van der Waals surface area contributed by atoms with Crippen LogP contribution in [0.3, 0.4) is 0 Å². The van der Waals surface area contributed by atoms with Crippen molar-refractivity contribution in [2.24, 2.45) is 4.99 Å². The number of aliphatic hydroxyl groups excluding tert-OH is 1. The SMILES string of the molecule is CCNC(=NCC(O)c1cccc(OC)c1)NC1CCN(C2CC2)CC1.I. The van der Waals surface area contributed by atoms with Crippen LogP contribution in [0.2, 0.25) is 0 Å². The van der Waals surface area contributed by atoms with E-state index in [4.69, 9.17) is 4.74 Å². The number of rotatable bonds is 7. The zero-order chi connectivity index (χ0) is 18.4. The first-order valence-corrected chi connectivity index (χ1v) is 9.80. The maximum atomic E-state index is 10.4. The van der Waals surface area contributed by atoms with E-state index in [1.807, 2.05) is 24.3 Å². The highest BCUT2D eigenvalue weighted by molar-refractivity contribution is 14.0. The molecule has 1 saturated heterocycles. The number of likely N-dealkylation sites (tertiary alicyclic amines) is 1. The summed E-state index contributed by atoms with van der Waals surface area (Å²) in [6.45, 7) is 5.54. The summed E-state index contributed by atoms with van der Waals surface area (Å²) in [5, 5.41) is 17.3. The van der Waals surface area contributed by atoms with Gasteiger partial charge in [0.05, 0.1) is 19.8 Å². The smallest absolute Gasteiger partial charge is 0.191 e. The van der Waals surface area contributed by atoms with Crippen molar-refractivity contribution in [1.82, 2.24) is 15.5 Å². The Morgan fingerprint density at radius 1 is 1.30 bits per heavy atom. The molecule has 2 fully saturated rings. The molecule has 1 unspecified atom stereocenters. The molecular formula is C20H33IN4O2. The molecule has 1 atom stereocenters. The van der Waals surface area contributed by atoms with Gasteiger partial charge in [0.1, 0.15) is 5.75 Å². The van der Waals surface area contributed by atoms with Crippen molar-refractivity contribution in [2.75, 3.05) is 33.3 Å². The summed E-state index contributed by atoms with van der Waals surface area (Å²) in [5.41, 5.74) is 0.821. The van der Waals surface area contributed by atoms with Crippen LogP contribution in [0, 0.1) is 0 Å². The second-order valence-corrected chi connectivity index (χ2v) is 7.20. The van der Waals surface area contributed by atoms with Crippen molar-refractivity contribution < 1.29 is 9.84 Å². The molecule has 3 rings (SSSR count). The third-order valence-corrected chi connectivity index (χ3v) is 5.18. The summed E-state index contributed by atoms with van der Waals surface area (Å²) in [6.07, 6.45) is 4.42. The molecule has 1 aliphatic carbocycles. The number of benzene rings is 1. The molecule has 0 radical (unpaired) electrons. The summed E-state index contributed by atoms with van der Waals surface area (Å²) >= 11 is 0. The van der Waals surface area contributed by atoms with Crippen LogP contribution in [-0.4, -0.2) is 61.3 Å². The Morgan fingerprint density at radius 2 is 2.04 bits per heavy atom. The normalized spacial score (nSPS) is 19.9. The number of nitrogens with one attached hydrogen (secondary N) is 2. The van der Waals surface area contributed by atoms with Gasteiger partial charge in [-0.05, 0) is 50.3 Å². The van der Waals surface area contributed by atoms with Crippen LogP contribution in [0.4, 0.5) is 0 Å². The van der Waals surface area contributed by atoms with E-state index >= 15 is 0 Å². The number of aliphatic imine (C=N–C) groups is 1. The summed E-state index contributed by atoms with van der Waals surface area (Å²) in [7, 11) is 1.63. The average Bonchev–Trinajstić information content (AvgIpc) is 3.52. The average molecular weight is 488 g/mol. The Hall–Kier alpha value is -1.06. The minimum absolute atomic E-state index is 0. The van der Waals surface area contributed by atoms with E-state index in [1.165, 1.54) is 25.9 Å². The molecule has 1 saturated carbocycles. The van der Waals surface area contributed by atoms with Crippen LogP contribution in [0.5, 0.6) is 5.75 Å². The second kappa shape index (κ2) is 11.1. The maximum Gasteiger partial charge on any atom is 0.191 e. The molecule has 1 heterocycles. The molecule has 1 aromatic rings. The third-order valence-electron chi connectivity index (χ3n) is 5.18. The van der Waals surface area contributed by atoms with Crippen molar-refractivity contribution in [3.63, 3.8) is 0 Å². The van der Waals surface area contributed by atoms with Crippen LogP contribution in [0.25, 0.3) is 0 Å². The molecule has 27 heavy (non-hydrogen) atoms. The quantitative estimate of drug-likeness (QED) is 0.313. The van der Waals surface area contributed by atoms with E-state index in [2.05, 4.69) is 27.4 Å². The molecule has 6 nitrogen and oxygen atoms in total. The Morgan fingerprint density at radius 3 is 2.67 bits per heavy atom. The summed E-state index contributed by atoms with van der Waals surface area (Å²) in [6, 6.07) is 8.83. The fourth-order valence-electron chi connectivity index (χ4n) is 3.49. The van der Waals surface area contributed by atoms with Gasteiger partial charge in [-0.2, -0.15) is 0 Å². The highest BCUT2D eigenvalue weighted by atomic mass is 127. The maximum absolute atomic E-state index is 10.4. The molecule has 0 spiro atoms. The predicted octanol–water partition coefficient (Wildman–Crippen LogP) is 2.53. The van der Waals surface area contributed by atoms with E-state index in [9.17, 15) is 5.11 Å². The monoisotopic (exact) mass is 488 g/mol. The lowest BCUT2D eigenvalue weighted by molar-refractivity contribution is 0.186. The third kappa shape index (κ3) is 6.80. The van der Waals surface area contributed by atoms with Crippen molar-refractivity contribution in [1.29, 1.82) is 0 Å². The van der Waals surface area contributed by atoms with Crippen molar-refractivity contribution in [2.45, 2.75) is 50.8 Å². The van der Waals surface area contributed by atoms with Gasteiger partial charge < -0.3 is 25.4 Å². The van der Waals surface area contributed by atoms with Crippen LogP contribution in [-0.2, 0) is 0 Å². The van der Waals surface area contributed by atoms with Gasteiger partial charge in [0, 0.05) is 31.7 Å². The van der Waals surface area contributed by atoms with Gasteiger partial charge in [0.25, 0.3) is 0 Å². The van der Waals surface area contributed by atoms with Gasteiger partial charge in [0.2, 0.25) is 0 Å². The number of hydrogen-bond donors (Lipinski definition) is 3. The fourth-order valence-corrected chi connectivity index (χ4v) is 3.49. The number of guanidine groups is 1. The zero-order valence-electron chi connectivity index (χ0n) is 16.4. The number of hydrogen-bond acceptors (Lipinski definition) is 4. The molecule has 0 aromatic heterocycles. The first-order valence-electron chi connectivity index (χ1n) is 9.80. The molecule has 1 aliphatic heterocycles. The van der Waals surface area contributed by atoms with E-state index in [1.54, 1.807) is 7.11 Å². The highest BCUT2D eigenvalue weighted by Crippen LogP contribution is 2.29. The van der Waals surface area contributed by atoms with Crippen LogP contribution < -0.4 is 15.4 Å². The Kier molecular flexibility index (Phi) is 9.11. The molecular weight excluding hydrogens is 455 g/mol. The molecule has 1 aromatic carbocycles. The van der Waals surface area contributed by atoms with Crippen molar-refractivity contribution >= 4 is 29.9 Å². The lowest BCUT2D eigenvalue weighted by Crippen LogP contribution is -2.49. The van der Waals surface area contributed by atoms with Gasteiger partial charge in [-0.15, -0.1) is 24.0 Å². The largest absolute Gasteiger partial charge is 0.497 e. The zero-order valence-corrected chi connectivity index (χ0v) is 18.7. The number of halogens is 1. The Labute approximate surface area is 179 Å². The minimum atomic E-state index is -0.641. The molecule has 152 valence electrons. The Balaban J connectivity index is 0.00000261. The minimum Gasteiger partial charge on any atom is -0.497 e. The van der Waals surface area contributed by atoms with Crippen molar-refractivity contribution in [3.05, 3.63) is 29.8 Å². The van der Waals surface area contributed by atoms with Crippen LogP contribution in [0.1, 0.15) is 44.3 Å².